The minimum Gasteiger partial charge on any atom is -0.477 e. The van der Waals surface area contributed by atoms with E-state index in [0.29, 0.717) is 17.4 Å². The maximum atomic E-state index is 13.0. The molecular weight excluding hydrogens is 1080 g/mol. The first kappa shape index (κ1) is 84.0. The van der Waals surface area contributed by atoms with Gasteiger partial charge in [0, 0.05) is 12.8 Å². The number of carboxylic acids is 1. The van der Waals surface area contributed by atoms with Crippen LogP contribution in [0.2, 0.25) is 0 Å². The average Bonchev–Trinajstić information content (AvgIpc) is 3.56. The van der Waals surface area contributed by atoms with Crippen molar-refractivity contribution in [3.8, 4) is 0 Å². The highest BCUT2D eigenvalue weighted by Gasteiger charge is 2.25. The van der Waals surface area contributed by atoms with E-state index in [2.05, 4.69) is 74.6 Å². The quantitative estimate of drug-likeness (QED) is 0.0211. The molecule has 0 amide bonds. The molecule has 0 radical (unpaired) electrons. The number of carbonyl (C=O) groups excluding carboxylic acids is 2. The van der Waals surface area contributed by atoms with E-state index in [1.54, 1.807) is 0 Å². The first-order valence-corrected chi connectivity index (χ1v) is 37.5. The number of carboxylic acid groups (broad SMARTS) is 1. The summed E-state index contributed by atoms with van der Waals surface area (Å²) in [5.41, 5.74) is 0. The second-order valence-electron chi connectivity index (χ2n) is 26.6. The monoisotopic (exact) mass is 1220 g/mol. The van der Waals surface area contributed by atoms with Crippen LogP contribution in [0.1, 0.15) is 361 Å². The maximum Gasteiger partial charge on any atom is 0.361 e. The fourth-order valence-corrected chi connectivity index (χ4v) is 11.1. The molecule has 2 unspecified atom stereocenters. The first-order valence-electron chi connectivity index (χ1n) is 37.5. The molecule has 0 bridgehead atoms. The van der Waals surface area contributed by atoms with Crippen LogP contribution in [-0.2, 0) is 33.3 Å². The molecule has 0 aromatic heterocycles. The number of hydrogen-bond donors (Lipinski definition) is 1. The fraction of sp³-hybridized carbons (Fsp3) is 0.833. The summed E-state index contributed by atoms with van der Waals surface area (Å²) in [7, 11) is 5.99. The van der Waals surface area contributed by atoms with Crippen molar-refractivity contribution >= 4 is 17.9 Å². The second kappa shape index (κ2) is 68.9. The molecule has 2 atom stereocenters. The Hall–Kier alpha value is -3.01. The van der Waals surface area contributed by atoms with E-state index in [4.69, 9.17) is 18.9 Å². The summed E-state index contributed by atoms with van der Waals surface area (Å²) in [6.45, 7) is 4.83. The molecule has 0 saturated carbocycles. The Bertz CT molecular complexity index is 1610. The number of nitrogens with zero attached hydrogens (tertiary/aromatic N) is 1. The van der Waals surface area contributed by atoms with Crippen molar-refractivity contribution in [1.82, 2.24) is 0 Å². The Morgan fingerprint density at radius 3 is 0.977 bits per heavy atom. The summed E-state index contributed by atoms with van der Waals surface area (Å²) in [6.07, 6.45) is 87.9. The van der Waals surface area contributed by atoms with Gasteiger partial charge >= 0.3 is 17.9 Å². The minimum atomic E-state index is -1.51. The number of ether oxygens (including phenoxy) is 4. The zero-order valence-electron chi connectivity index (χ0n) is 58.2. The third kappa shape index (κ3) is 70.3. The van der Waals surface area contributed by atoms with Gasteiger partial charge in [0.15, 0.2) is 6.10 Å². The van der Waals surface area contributed by atoms with Crippen LogP contribution in [0.4, 0.5) is 0 Å². The predicted molar refractivity (Wildman–Crippen MR) is 373 cm³/mol. The molecule has 0 heterocycles. The average molecular weight is 1220 g/mol. The Morgan fingerprint density at radius 1 is 0.356 bits per heavy atom. The van der Waals surface area contributed by atoms with Crippen molar-refractivity contribution in [2.75, 3.05) is 47.5 Å². The minimum absolute atomic E-state index is 0.178. The van der Waals surface area contributed by atoms with Gasteiger partial charge in [0.05, 0.1) is 34.4 Å². The van der Waals surface area contributed by atoms with Crippen molar-refractivity contribution in [2.45, 2.75) is 373 Å². The van der Waals surface area contributed by atoms with Crippen LogP contribution in [0.3, 0.4) is 0 Å². The van der Waals surface area contributed by atoms with Crippen molar-refractivity contribution in [2.24, 2.45) is 0 Å². The van der Waals surface area contributed by atoms with Gasteiger partial charge in [-0.2, -0.15) is 0 Å². The van der Waals surface area contributed by atoms with Crippen LogP contribution in [0.5, 0.6) is 0 Å². The van der Waals surface area contributed by atoms with Crippen LogP contribution >= 0.6 is 0 Å². The number of unbranched alkanes of at least 4 members (excludes halogenated alkanes) is 45. The Balaban J connectivity index is 4.04. The number of allylic oxidation sites excluding steroid dienone is 10. The third-order valence-corrected chi connectivity index (χ3v) is 16.8. The SMILES string of the molecule is CC/C=C\C/C=C\C/C=C\C/C=C\C/C=C\CCCCCCCCCCCCCCCCCC(=O)OC(COC(=O)CCCCCCCCCCCCCCCCCCCCCCCCCCCCCCCCC)COC(OCC[N+](C)(C)C)C(=O)O. The van der Waals surface area contributed by atoms with Gasteiger partial charge in [-0.05, 0) is 57.8 Å². The van der Waals surface area contributed by atoms with Crippen LogP contribution in [0.15, 0.2) is 60.8 Å². The summed E-state index contributed by atoms with van der Waals surface area (Å²) >= 11 is 0. The lowest BCUT2D eigenvalue weighted by Crippen LogP contribution is -2.40. The molecule has 0 aliphatic heterocycles. The van der Waals surface area contributed by atoms with E-state index in [9.17, 15) is 19.5 Å². The van der Waals surface area contributed by atoms with E-state index < -0.39 is 18.4 Å². The molecule has 508 valence electrons. The fourth-order valence-electron chi connectivity index (χ4n) is 11.1. The predicted octanol–water partition coefficient (Wildman–Crippen LogP) is 23.5. The van der Waals surface area contributed by atoms with E-state index in [0.717, 1.165) is 70.6 Å². The molecule has 0 aromatic rings. The normalized spacial score (nSPS) is 13.0. The summed E-state index contributed by atoms with van der Waals surface area (Å²) in [6, 6.07) is 0. The van der Waals surface area contributed by atoms with Crippen molar-refractivity contribution in [3.63, 3.8) is 0 Å². The number of rotatable bonds is 70. The summed E-state index contributed by atoms with van der Waals surface area (Å²) in [5.74, 6) is -1.98. The number of quaternary nitrogens is 1. The van der Waals surface area contributed by atoms with E-state index in [1.807, 2.05) is 21.1 Å². The van der Waals surface area contributed by atoms with Crippen LogP contribution in [0, 0.1) is 0 Å². The molecule has 1 N–H and O–H groups in total. The highest BCUT2D eigenvalue weighted by molar-refractivity contribution is 5.71. The van der Waals surface area contributed by atoms with Crippen molar-refractivity contribution in [1.29, 1.82) is 0 Å². The Morgan fingerprint density at radius 2 is 0.655 bits per heavy atom. The van der Waals surface area contributed by atoms with E-state index in [-0.39, 0.29) is 38.2 Å². The smallest absolute Gasteiger partial charge is 0.361 e. The van der Waals surface area contributed by atoms with Crippen LogP contribution < -0.4 is 0 Å². The molecule has 0 fully saturated rings. The second-order valence-corrected chi connectivity index (χ2v) is 26.6. The van der Waals surface area contributed by atoms with Gasteiger partial charge in [-0.3, -0.25) is 9.59 Å². The maximum absolute atomic E-state index is 13.0. The van der Waals surface area contributed by atoms with E-state index in [1.165, 1.54) is 263 Å². The third-order valence-electron chi connectivity index (χ3n) is 16.8. The number of aliphatic carboxylic acids is 1. The summed E-state index contributed by atoms with van der Waals surface area (Å²) in [5, 5.41) is 9.76. The molecule has 0 rings (SSSR count). The van der Waals surface area contributed by atoms with Crippen molar-refractivity contribution < 1.29 is 42.9 Å². The van der Waals surface area contributed by atoms with Gasteiger partial charge in [-0.15, -0.1) is 0 Å². The zero-order chi connectivity index (χ0) is 63.3. The van der Waals surface area contributed by atoms with Gasteiger partial charge in [0.1, 0.15) is 13.2 Å². The molecule has 9 heteroatoms. The highest BCUT2D eigenvalue weighted by atomic mass is 16.7. The Labute approximate surface area is 539 Å². The molecular formula is C78H144NO8+. The Kier molecular flexibility index (Phi) is 66.5. The molecule has 0 aliphatic rings. The molecule has 0 aliphatic carbocycles. The van der Waals surface area contributed by atoms with E-state index >= 15 is 0 Å². The highest BCUT2D eigenvalue weighted by Crippen LogP contribution is 2.19. The summed E-state index contributed by atoms with van der Waals surface area (Å²) < 4.78 is 23.0. The lowest BCUT2D eigenvalue weighted by atomic mass is 10.0. The number of carbonyl (C=O) groups is 3. The summed E-state index contributed by atoms with van der Waals surface area (Å²) in [4.78, 5) is 37.7. The molecule has 0 saturated heterocycles. The van der Waals surface area contributed by atoms with Gasteiger partial charge in [0.2, 0.25) is 0 Å². The number of esters is 2. The molecule has 0 spiro atoms. The molecule has 0 aromatic carbocycles. The topological polar surface area (TPSA) is 108 Å². The largest absolute Gasteiger partial charge is 0.477 e. The zero-order valence-corrected chi connectivity index (χ0v) is 58.2. The lowest BCUT2D eigenvalue weighted by molar-refractivity contribution is -0.870. The molecule has 9 nitrogen and oxygen atoms in total. The van der Waals surface area contributed by atoms with Gasteiger partial charge in [-0.25, -0.2) is 4.79 Å². The standard InChI is InChI=1S/C78H143NO8/c1-6-8-10-12-14-16-18-20-22-24-26-28-30-32-34-36-38-40-42-44-46-48-50-52-54-56-58-60-62-64-66-68-75(80)85-72-74(73-86-78(77(82)83)84-71-70-79(3,4)5)87-76(81)69-67-65-63-61-59-57-55-53-51-49-47-45-43-41-39-37-35-33-31-29-27-25-23-21-19-17-15-13-11-9-7-2/h9,11,15,17,21,23,27,29,33,35,74,78H,6-8,10,12-14,16,18-20,22,24-26,28,30-32,34,36-73H2,1-5H3/p+1/b11-9-,17-15-,23-21-,29-27-,35-33-. The van der Waals surface area contributed by atoms with Crippen molar-refractivity contribution in [3.05, 3.63) is 60.8 Å². The molecule has 87 heavy (non-hydrogen) atoms. The van der Waals surface area contributed by atoms with Crippen LogP contribution in [-0.4, -0.2) is 87.4 Å². The number of hydrogen-bond acceptors (Lipinski definition) is 7. The van der Waals surface area contributed by atoms with Gasteiger partial charge in [0.25, 0.3) is 6.29 Å². The first-order chi connectivity index (χ1) is 42.6. The lowest BCUT2D eigenvalue weighted by Gasteiger charge is -2.25. The number of likely N-dealkylation sites (N-methyl/N-ethyl adjacent to an activating group) is 1. The van der Waals surface area contributed by atoms with Gasteiger partial charge < -0.3 is 28.5 Å². The van der Waals surface area contributed by atoms with Crippen LogP contribution in [0.25, 0.3) is 0 Å². The van der Waals surface area contributed by atoms with Gasteiger partial charge in [-0.1, -0.05) is 351 Å².